The first kappa shape index (κ1) is 16.7. The number of carbonyl (C=O) groups excluding carboxylic acids is 1. The first-order valence-corrected chi connectivity index (χ1v) is 8.37. The number of hydrogen-bond donors (Lipinski definition) is 1. The number of hydrogen-bond acceptors (Lipinski definition) is 5. The van der Waals surface area contributed by atoms with E-state index < -0.39 is 0 Å². The van der Waals surface area contributed by atoms with E-state index in [2.05, 4.69) is 24.1 Å². The van der Waals surface area contributed by atoms with E-state index in [4.69, 9.17) is 9.15 Å². The fraction of sp³-hybridized carbons (Fsp3) is 0.500. The standard InChI is InChI=1S/C16H22N2O3S/c1-4-21-14(11(2)3)5-7-17-15(19)13-10-22-16(18-13)12-6-8-20-9-12/h6,8-11,14H,4-5,7H2,1-3H3,(H,17,19)/t14-/m0/s1. The molecule has 0 saturated carbocycles. The van der Waals surface area contributed by atoms with Crippen molar-refractivity contribution in [1.82, 2.24) is 10.3 Å². The van der Waals surface area contributed by atoms with Gasteiger partial charge in [-0.25, -0.2) is 4.98 Å². The lowest BCUT2D eigenvalue weighted by Gasteiger charge is -2.20. The lowest BCUT2D eigenvalue weighted by Crippen LogP contribution is -2.30. The van der Waals surface area contributed by atoms with Crippen molar-refractivity contribution in [3.8, 4) is 10.6 Å². The summed E-state index contributed by atoms with van der Waals surface area (Å²) in [6, 6.07) is 1.83. The highest BCUT2D eigenvalue weighted by Crippen LogP contribution is 2.23. The van der Waals surface area contributed by atoms with E-state index in [-0.39, 0.29) is 12.0 Å². The molecule has 5 nitrogen and oxygen atoms in total. The number of nitrogens with zero attached hydrogens (tertiary/aromatic N) is 1. The zero-order valence-electron chi connectivity index (χ0n) is 13.2. The zero-order chi connectivity index (χ0) is 15.9. The van der Waals surface area contributed by atoms with E-state index in [9.17, 15) is 4.79 Å². The van der Waals surface area contributed by atoms with Crippen LogP contribution in [0.15, 0.2) is 28.4 Å². The number of rotatable bonds is 8. The van der Waals surface area contributed by atoms with E-state index in [1.165, 1.54) is 11.3 Å². The lowest BCUT2D eigenvalue weighted by atomic mass is 10.0. The molecule has 2 aromatic heterocycles. The minimum Gasteiger partial charge on any atom is -0.472 e. The molecule has 1 N–H and O–H groups in total. The summed E-state index contributed by atoms with van der Waals surface area (Å²) in [4.78, 5) is 16.4. The molecular formula is C16H22N2O3S. The van der Waals surface area contributed by atoms with Crippen molar-refractivity contribution in [3.05, 3.63) is 29.7 Å². The molecule has 2 rings (SSSR count). The normalized spacial score (nSPS) is 12.5. The minimum atomic E-state index is -0.148. The number of thiazole rings is 1. The molecule has 22 heavy (non-hydrogen) atoms. The van der Waals surface area contributed by atoms with Crippen molar-refractivity contribution in [1.29, 1.82) is 0 Å². The van der Waals surface area contributed by atoms with Gasteiger partial charge in [0.2, 0.25) is 0 Å². The van der Waals surface area contributed by atoms with E-state index in [1.54, 1.807) is 17.9 Å². The van der Waals surface area contributed by atoms with Gasteiger partial charge >= 0.3 is 0 Å². The maximum Gasteiger partial charge on any atom is 0.270 e. The second-order valence-electron chi connectivity index (χ2n) is 5.33. The van der Waals surface area contributed by atoms with E-state index in [0.29, 0.717) is 24.8 Å². The molecule has 120 valence electrons. The molecule has 0 saturated heterocycles. The average Bonchev–Trinajstić information content (AvgIpc) is 3.16. The number of ether oxygens (including phenoxy) is 1. The zero-order valence-corrected chi connectivity index (χ0v) is 14.0. The fourth-order valence-electron chi connectivity index (χ4n) is 2.14. The molecule has 0 fully saturated rings. The Bertz CT molecular complexity index is 578. The molecule has 0 aliphatic carbocycles. The minimum absolute atomic E-state index is 0.148. The third kappa shape index (κ3) is 4.42. The number of amides is 1. The molecule has 0 aromatic carbocycles. The molecule has 0 unspecified atom stereocenters. The number of carbonyl (C=O) groups is 1. The number of furan rings is 1. The summed E-state index contributed by atoms with van der Waals surface area (Å²) >= 11 is 1.43. The van der Waals surface area contributed by atoms with Crippen LogP contribution in [0, 0.1) is 5.92 Å². The van der Waals surface area contributed by atoms with Gasteiger partial charge in [-0.1, -0.05) is 13.8 Å². The maximum atomic E-state index is 12.1. The summed E-state index contributed by atoms with van der Waals surface area (Å²) in [7, 11) is 0. The monoisotopic (exact) mass is 322 g/mol. The number of aromatic nitrogens is 1. The summed E-state index contributed by atoms with van der Waals surface area (Å²) in [6.45, 7) is 7.51. The van der Waals surface area contributed by atoms with Crippen molar-refractivity contribution in [3.63, 3.8) is 0 Å². The highest BCUT2D eigenvalue weighted by atomic mass is 32.1. The van der Waals surface area contributed by atoms with Crippen LogP contribution >= 0.6 is 11.3 Å². The maximum absolute atomic E-state index is 12.1. The van der Waals surface area contributed by atoms with E-state index in [1.807, 2.05) is 13.0 Å². The molecule has 1 amide bonds. The topological polar surface area (TPSA) is 64.4 Å². The summed E-state index contributed by atoms with van der Waals surface area (Å²) in [5, 5.41) is 5.45. The Morgan fingerprint density at radius 3 is 2.95 bits per heavy atom. The van der Waals surface area contributed by atoms with E-state index in [0.717, 1.165) is 17.0 Å². The summed E-state index contributed by atoms with van der Waals surface area (Å²) in [5.41, 5.74) is 1.33. The highest BCUT2D eigenvalue weighted by Gasteiger charge is 2.15. The summed E-state index contributed by atoms with van der Waals surface area (Å²) in [6.07, 6.45) is 4.18. The molecule has 0 radical (unpaired) electrons. The fourth-order valence-corrected chi connectivity index (χ4v) is 2.92. The van der Waals surface area contributed by atoms with Gasteiger partial charge in [-0.2, -0.15) is 0 Å². The van der Waals surface area contributed by atoms with Gasteiger partial charge in [-0.15, -0.1) is 11.3 Å². The predicted molar refractivity (Wildman–Crippen MR) is 87.0 cm³/mol. The second-order valence-corrected chi connectivity index (χ2v) is 6.19. The summed E-state index contributed by atoms with van der Waals surface area (Å²) in [5.74, 6) is 0.286. The largest absolute Gasteiger partial charge is 0.472 e. The Labute approximate surface area is 134 Å². The van der Waals surface area contributed by atoms with Crippen LogP contribution in [0.4, 0.5) is 0 Å². The quantitative estimate of drug-likeness (QED) is 0.807. The lowest BCUT2D eigenvalue weighted by molar-refractivity contribution is 0.0251. The molecule has 6 heteroatoms. The van der Waals surface area contributed by atoms with Crippen LogP contribution < -0.4 is 5.32 Å². The first-order chi connectivity index (χ1) is 10.6. The Morgan fingerprint density at radius 2 is 2.32 bits per heavy atom. The average molecular weight is 322 g/mol. The Morgan fingerprint density at radius 1 is 1.50 bits per heavy atom. The van der Waals surface area contributed by atoms with Crippen molar-refractivity contribution in [2.45, 2.75) is 33.3 Å². The number of nitrogens with one attached hydrogen (secondary N) is 1. The van der Waals surface area contributed by atoms with Crippen molar-refractivity contribution in [2.24, 2.45) is 5.92 Å². The Balaban J connectivity index is 1.85. The Kier molecular flexibility index (Phi) is 6.15. The first-order valence-electron chi connectivity index (χ1n) is 7.49. The molecule has 0 bridgehead atoms. The smallest absolute Gasteiger partial charge is 0.270 e. The van der Waals surface area contributed by atoms with Gasteiger partial charge in [0.15, 0.2) is 0 Å². The van der Waals surface area contributed by atoms with Gasteiger partial charge in [0, 0.05) is 24.1 Å². The van der Waals surface area contributed by atoms with Crippen LogP contribution in [0.3, 0.4) is 0 Å². The van der Waals surface area contributed by atoms with Crippen LogP contribution in [0.2, 0.25) is 0 Å². The SMILES string of the molecule is CCO[C@@H](CCNC(=O)c1csc(-c2ccoc2)n1)C(C)C. The predicted octanol–water partition coefficient (Wildman–Crippen LogP) is 3.58. The van der Waals surface area contributed by atoms with Gasteiger partial charge in [-0.3, -0.25) is 4.79 Å². The highest BCUT2D eigenvalue weighted by molar-refractivity contribution is 7.13. The van der Waals surface area contributed by atoms with Crippen LogP contribution in [0.1, 0.15) is 37.7 Å². The van der Waals surface area contributed by atoms with Gasteiger partial charge in [0.1, 0.15) is 17.0 Å². The molecule has 0 spiro atoms. The van der Waals surface area contributed by atoms with Gasteiger partial charge in [0.25, 0.3) is 5.91 Å². The van der Waals surface area contributed by atoms with Crippen molar-refractivity contribution < 1.29 is 13.9 Å². The van der Waals surface area contributed by atoms with Crippen LogP contribution in [0.25, 0.3) is 10.6 Å². The van der Waals surface area contributed by atoms with Crippen LogP contribution in [0.5, 0.6) is 0 Å². The van der Waals surface area contributed by atoms with Gasteiger partial charge < -0.3 is 14.5 Å². The molecule has 0 aliphatic rings. The molecular weight excluding hydrogens is 300 g/mol. The van der Waals surface area contributed by atoms with E-state index >= 15 is 0 Å². The molecule has 1 atom stereocenters. The molecule has 0 aliphatic heterocycles. The van der Waals surface area contributed by atoms with Crippen LogP contribution in [-0.4, -0.2) is 30.1 Å². The van der Waals surface area contributed by atoms with Gasteiger partial charge in [-0.05, 0) is 25.3 Å². The van der Waals surface area contributed by atoms with Gasteiger partial charge in [0.05, 0.1) is 12.4 Å². The third-order valence-corrected chi connectivity index (χ3v) is 4.24. The molecule has 2 heterocycles. The van der Waals surface area contributed by atoms with Crippen LogP contribution in [-0.2, 0) is 4.74 Å². The van der Waals surface area contributed by atoms with Crippen molar-refractivity contribution in [2.75, 3.05) is 13.2 Å². The Hall–Kier alpha value is -1.66. The second kappa shape index (κ2) is 8.10. The third-order valence-electron chi connectivity index (χ3n) is 3.34. The van der Waals surface area contributed by atoms with Crippen molar-refractivity contribution >= 4 is 17.2 Å². The molecule has 2 aromatic rings. The summed E-state index contributed by atoms with van der Waals surface area (Å²) < 4.78 is 10.7.